The molecule has 3 rings (SSSR count). The summed E-state index contributed by atoms with van der Waals surface area (Å²) in [6, 6.07) is 8.76. The van der Waals surface area contributed by atoms with Gasteiger partial charge in [0.2, 0.25) is 10.0 Å². The van der Waals surface area contributed by atoms with Crippen molar-refractivity contribution in [2.24, 2.45) is 5.92 Å². The normalized spacial score (nSPS) is 15.5. The second-order valence-electron chi connectivity index (χ2n) is 7.47. The predicted octanol–water partition coefficient (Wildman–Crippen LogP) is 1.85. The van der Waals surface area contributed by atoms with Gasteiger partial charge in [0.25, 0.3) is 0 Å². The van der Waals surface area contributed by atoms with Gasteiger partial charge >= 0.3 is 11.8 Å². The molecule has 0 unspecified atom stereocenters. The lowest BCUT2D eigenvalue weighted by molar-refractivity contribution is -0.136. The van der Waals surface area contributed by atoms with Crippen molar-refractivity contribution in [3.8, 4) is 0 Å². The number of para-hydroxylation sites is 1. The van der Waals surface area contributed by atoms with Crippen molar-refractivity contribution < 1.29 is 18.0 Å². The summed E-state index contributed by atoms with van der Waals surface area (Å²) in [6.07, 6.45) is 4.09. The monoisotopic (exact) mass is 430 g/mol. The Balaban J connectivity index is 1.48. The Morgan fingerprint density at radius 1 is 1.07 bits per heavy atom. The first-order valence-corrected chi connectivity index (χ1v) is 11.3. The van der Waals surface area contributed by atoms with Gasteiger partial charge in [-0.25, -0.2) is 8.42 Å². The van der Waals surface area contributed by atoms with E-state index in [0.29, 0.717) is 38.2 Å². The zero-order valence-electron chi connectivity index (χ0n) is 17.1. The molecular weight excluding hydrogens is 404 g/mol. The summed E-state index contributed by atoms with van der Waals surface area (Å²) in [5.74, 6) is -1.28. The molecule has 2 heterocycles. The third-order valence-electron chi connectivity index (χ3n) is 5.32. The molecule has 9 heteroatoms. The van der Waals surface area contributed by atoms with E-state index in [1.807, 2.05) is 32.0 Å². The van der Waals surface area contributed by atoms with Crippen LogP contribution in [-0.2, 0) is 19.6 Å². The highest BCUT2D eigenvalue weighted by Gasteiger charge is 2.30. The molecule has 0 radical (unpaired) electrons. The van der Waals surface area contributed by atoms with Crippen LogP contribution in [-0.4, -0.2) is 49.2 Å². The molecule has 2 aromatic rings. The molecule has 0 saturated carbocycles. The van der Waals surface area contributed by atoms with E-state index in [4.69, 9.17) is 0 Å². The molecular formula is C21H26N4O4S. The number of nitrogens with zero attached hydrogens (tertiary/aromatic N) is 2. The average molecular weight is 431 g/mol. The van der Waals surface area contributed by atoms with Crippen molar-refractivity contribution in [1.29, 1.82) is 0 Å². The number of carbonyl (C=O) groups excluding carboxylic acids is 2. The van der Waals surface area contributed by atoms with E-state index in [-0.39, 0.29) is 10.8 Å². The second kappa shape index (κ2) is 9.36. The fourth-order valence-corrected chi connectivity index (χ4v) is 4.94. The summed E-state index contributed by atoms with van der Waals surface area (Å²) in [4.78, 5) is 28.5. The molecule has 1 aliphatic heterocycles. The number of hydrogen-bond acceptors (Lipinski definition) is 5. The van der Waals surface area contributed by atoms with Gasteiger partial charge in [0.05, 0.1) is 0 Å². The van der Waals surface area contributed by atoms with Gasteiger partial charge in [-0.05, 0) is 55.9 Å². The maximum atomic E-state index is 12.6. The number of aryl methyl sites for hydroxylation is 2. The third-order valence-corrected chi connectivity index (χ3v) is 7.21. The molecule has 1 aliphatic rings. The van der Waals surface area contributed by atoms with Crippen molar-refractivity contribution in [3.63, 3.8) is 0 Å². The fraction of sp³-hybridized carbons (Fsp3) is 0.381. The van der Waals surface area contributed by atoms with Crippen LogP contribution in [0.1, 0.15) is 24.0 Å². The molecule has 8 nitrogen and oxygen atoms in total. The van der Waals surface area contributed by atoms with E-state index in [2.05, 4.69) is 15.6 Å². The zero-order valence-corrected chi connectivity index (χ0v) is 17.9. The molecule has 0 atom stereocenters. The van der Waals surface area contributed by atoms with E-state index < -0.39 is 21.8 Å². The smallest absolute Gasteiger partial charge is 0.313 e. The Hall–Kier alpha value is -2.78. The maximum absolute atomic E-state index is 12.6. The van der Waals surface area contributed by atoms with Crippen LogP contribution in [0.2, 0.25) is 0 Å². The largest absolute Gasteiger partial charge is 0.348 e. The summed E-state index contributed by atoms with van der Waals surface area (Å²) in [5, 5.41) is 5.33. The maximum Gasteiger partial charge on any atom is 0.313 e. The van der Waals surface area contributed by atoms with Crippen LogP contribution in [0.25, 0.3) is 0 Å². The molecule has 2 amide bonds. The molecule has 2 N–H and O–H groups in total. The minimum absolute atomic E-state index is 0.113. The van der Waals surface area contributed by atoms with Gasteiger partial charge in [-0.3, -0.25) is 14.6 Å². The van der Waals surface area contributed by atoms with Crippen LogP contribution in [0, 0.1) is 19.8 Å². The van der Waals surface area contributed by atoms with Crippen molar-refractivity contribution in [2.45, 2.75) is 31.6 Å². The number of piperidine rings is 1. The van der Waals surface area contributed by atoms with Crippen LogP contribution in [0.15, 0.2) is 47.6 Å². The van der Waals surface area contributed by atoms with Crippen molar-refractivity contribution in [1.82, 2.24) is 14.6 Å². The van der Waals surface area contributed by atoms with Crippen LogP contribution in [0.4, 0.5) is 5.69 Å². The van der Waals surface area contributed by atoms with Gasteiger partial charge in [-0.2, -0.15) is 4.31 Å². The summed E-state index contributed by atoms with van der Waals surface area (Å²) >= 11 is 0. The van der Waals surface area contributed by atoms with Crippen molar-refractivity contribution in [3.05, 3.63) is 53.9 Å². The number of amides is 2. The van der Waals surface area contributed by atoms with Crippen LogP contribution in [0.5, 0.6) is 0 Å². The van der Waals surface area contributed by atoms with Gasteiger partial charge in [0.15, 0.2) is 0 Å². The molecule has 0 aliphatic carbocycles. The standard InChI is InChI=1S/C21H26N4O4S/c1-15-5-3-6-16(2)19(15)24-21(27)20(26)23-13-17-8-11-25(12-9-17)30(28,29)18-7-4-10-22-14-18/h3-7,10,14,17H,8-9,11-13H2,1-2H3,(H,23,26)(H,24,27). The van der Waals surface area contributed by atoms with Gasteiger partial charge in [-0.1, -0.05) is 18.2 Å². The summed E-state index contributed by atoms with van der Waals surface area (Å²) < 4.78 is 26.7. The van der Waals surface area contributed by atoms with Crippen LogP contribution < -0.4 is 10.6 Å². The average Bonchev–Trinajstić information content (AvgIpc) is 2.75. The first kappa shape index (κ1) is 21.9. The van der Waals surface area contributed by atoms with Gasteiger partial charge in [-0.15, -0.1) is 0 Å². The first-order chi connectivity index (χ1) is 14.3. The van der Waals surface area contributed by atoms with E-state index in [9.17, 15) is 18.0 Å². The lowest BCUT2D eigenvalue weighted by Gasteiger charge is -2.31. The van der Waals surface area contributed by atoms with Gasteiger partial charge < -0.3 is 10.6 Å². The second-order valence-corrected chi connectivity index (χ2v) is 9.41. The van der Waals surface area contributed by atoms with E-state index in [1.165, 1.54) is 22.8 Å². The number of benzene rings is 1. The number of anilines is 1. The molecule has 160 valence electrons. The van der Waals surface area contributed by atoms with E-state index in [1.54, 1.807) is 6.07 Å². The number of nitrogens with one attached hydrogen (secondary N) is 2. The minimum atomic E-state index is -3.55. The SMILES string of the molecule is Cc1cccc(C)c1NC(=O)C(=O)NCC1CCN(S(=O)(=O)c2cccnc2)CC1. The Bertz CT molecular complexity index is 996. The summed E-state index contributed by atoms with van der Waals surface area (Å²) in [7, 11) is -3.55. The summed E-state index contributed by atoms with van der Waals surface area (Å²) in [6.45, 7) is 4.81. The highest BCUT2D eigenvalue weighted by molar-refractivity contribution is 7.89. The van der Waals surface area contributed by atoms with E-state index in [0.717, 1.165) is 11.1 Å². The van der Waals surface area contributed by atoms with E-state index >= 15 is 0 Å². The molecule has 1 aromatic carbocycles. The Kier molecular flexibility index (Phi) is 6.84. The molecule has 30 heavy (non-hydrogen) atoms. The highest BCUT2D eigenvalue weighted by atomic mass is 32.2. The fourth-order valence-electron chi connectivity index (χ4n) is 3.50. The molecule has 1 saturated heterocycles. The lowest BCUT2D eigenvalue weighted by Crippen LogP contribution is -2.43. The van der Waals surface area contributed by atoms with Crippen LogP contribution >= 0.6 is 0 Å². The molecule has 1 aromatic heterocycles. The highest BCUT2D eigenvalue weighted by Crippen LogP contribution is 2.23. The molecule has 0 bridgehead atoms. The summed E-state index contributed by atoms with van der Waals surface area (Å²) in [5.41, 5.74) is 2.42. The third kappa shape index (κ3) is 5.03. The van der Waals surface area contributed by atoms with Crippen molar-refractivity contribution >= 4 is 27.5 Å². The first-order valence-electron chi connectivity index (χ1n) is 9.84. The van der Waals surface area contributed by atoms with Crippen LogP contribution in [0.3, 0.4) is 0 Å². The zero-order chi connectivity index (χ0) is 21.7. The quantitative estimate of drug-likeness (QED) is 0.704. The molecule has 1 fully saturated rings. The Morgan fingerprint density at radius 2 is 1.73 bits per heavy atom. The van der Waals surface area contributed by atoms with Crippen molar-refractivity contribution in [2.75, 3.05) is 25.0 Å². The predicted molar refractivity (Wildman–Crippen MR) is 113 cm³/mol. The number of aromatic nitrogens is 1. The number of hydrogen-bond donors (Lipinski definition) is 2. The Morgan fingerprint density at radius 3 is 2.33 bits per heavy atom. The molecule has 0 spiro atoms. The topological polar surface area (TPSA) is 108 Å². The number of carbonyl (C=O) groups is 2. The number of rotatable bonds is 5. The van der Waals surface area contributed by atoms with Gasteiger partial charge in [0.1, 0.15) is 4.90 Å². The minimum Gasteiger partial charge on any atom is -0.348 e. The number of sulfonamides is 1. The number of pyridine rings is 1. The lowest BCUT2D eigenvalue weighted by atomic mass is 9.98. The van der Waals surface area contributed by atoms with Gasteiger partial charge in [0, 0.05) is 37.7 Å². The Labute approximate surface area is 176 Å².